The van der Waals surface area contributed by atoms with Crippen LogP contribution in [0.15, 0.2) is 53.7 Å². The van der Waals surface area contributed by atoms with E-state index in [0.29, 0.717) is 29.7 Å². The molecule has 2 aromatic carbocycles. The summed E-state index contributed by atoms with van der Waals surface area (Å²) in [5.74, 6) is 2.25. The summed E-state index contributed by atoms with van der Waals surface area (Å²) in [6, 6.07) is 15.6. The van der Waals surface area contributed by atoms with Crippen molar-refractivity contribution >= 4 is 23.4 Å². The molecule has 0 aliphatic rings. The van der Waals surface area contributed by atoms with Crippen molar-refractivity contribution in [3.8, 4) is 11.5 Å². The second kappa shape index (κ2) is 11.4. The first-order valence-electron chi connectivity index (χ1n) is 11.6. The van der Waals surface area contributed by atoms with Crippen molar-refractivity contribution in [3.05, 3.63) is 59.9 Å². The maximum atomic E-state index is 12.6. The fourth-order valence-corrected chi connectivity index (χ4v) is 4.27. The zero-order valence-electron chi connectivity index (χ0n) is 20.8. The van der Waals surface area contributed by atoms with E-state index in [1.807, 2.05) is 61.7 Å². The normalized spacial score (nSPS) is 12.3. The minimum atomic E-state index is -0.283. The highest BCUT2D eigenvalue weighted by molar-refractivity contribution is 7.99. The zero-order valence-corrected chi connectivity index (χ0v) is 21.6. The number of thioether (sulfide) groups is 1. The summed E-state index contributed by atoms with van der Waals surface area (Å²) in [5.41, 5.74) is 2.01. The summed E-state index contributed by atoms with van der Waals surface area (Å²) in [4.78, 5) is 12.6. The molecule has 0 fully saturated rings. The van der Waals surface area contributed by atoms with Crippen LogP contribution in [-0.2, 0) is 16.8 Å². The summed E-state index contributed by atoms with van der Waals surface area (Å²) in [7, 11) is 0. The van der Waals surface area contributed by atoms with Crippen molar-refractivity contribution in [2.24, 2.45) is 0 Å². The van der Waals surface area contributed by atoms with Crippen LogP contribution in [-0.4, -0.2) is 33.0 Å². The molecule has 3 aromatic rings. The van der Waals surface area contributed by atoms with Gasteiger partial charge in [0.1, 0.15) is 11.5 Å². The van der Waals surface area contributed by atoms with Crippen LogP contribution in [0.2, 0.25) is 0 Å². The quantitative estimate of drug-likeness (QED) is 0.364. The molecular weight excluding hydrogens is 448 g/mol. The van der Waals surface area contributed by atoms with Crippen molar-refractivity contribution in [1.29, 1.82) is 0 Å². The lowest BCUT2D eigenvalue weighted by atomic mass is 9.87. The standard InChI is InChI=1S/C26H34N4O3S/c1-7-30-24(18(3)33-20-15-13-19(14-16-20)26(4,5)6)28-29-25(30)34-17-23(31)27-21-11-9-10-12-22(21)32-8-2/h9-16,18H,7-8,17H2,1-6H3,(H,27,31). The average Bonchev–Trinajstić information content (AvgIpc) is 3.22. The van der Waals surface area contributed by atoms with Gasteiger partial charge in [-0.15, -0.1) is 10.2 Å². The second-order valence-corrected chi connectivity index (χ2v) is 9.83. The molecule has 1 atom stereocenters. The van der Waals surface area contributed by atoms with E-state index in [2.05, 4.69) is 48.4 Å². The first-order chi connectivity index (χ1) is 16.2. The number of rotatable bonds is 10. The summed E-state index contributed by atoms with van der Waals surface area (Å²) in [6.45, 7) is 13.7. The summed E-state index contributed by atoms with van der Waals surface area (Å²) < 4.78 is 13.7. The van der Waals surface area contributed by atoms with Crippen molar-refractivity contribution in [2.75, 3.05) is 17.7 Å². The number of carbonyl (C=O) groups excluding carboxylic acids is 1. The molecule has 34 heavy (non-hydrogen) atoms. The van der Waals surface area contributed by atoms with E-state index >= 15 is 0 Å². The average molecular weight is 483 g/mol. The number of nitrogens with zero attached hydrogens (tertiary/aromatic N) is 3. The van der Waals surface area contributed by atoms with Gasteiger partial charge in [-0.2, -0.15) is 0 Å². The summed E-state index contributed by atoms with van der Waals surface area (Å²) >= 11 is 1.35. The second-order valence-electron chi connectivity index (χ2n) is 8.89. The van der Waals surface area contributed by atoms with Crippen molar-refractivity contribution < 1.29 is 14.3 Å². The minimum Gasteiger partial charge on any atom is -0.492 e. The Morgan fingerprint density at radius 2 is 1.79 bits per heavy atom. The van der Waals surface area contributed by atoms with Gasteiger partial charge in [-0.3, -0.25) is 4.79 Å². The molecule has 7 nitrogen and oxygen atoms in total. The van der Waals surface area contributed by atoms with E-state index in [1.165, 1.54) is 17.3 Å². The highest BCUT2D eigenvalue weighted by Gasteiger charge is 2.20. The monoisotopic (exact) mass is 482 g/mol. The molecule has 8 heteroatoms. The Balaban J connectivity index is 1.63. The minimum absolute atomic E-state index is 0.0933. The van der Waals surface area contributed by atoms with Gasteiger partial charge in [0.05, 0.1) is 18.0 Å². The Morgan fingerprint density at radius 1 is 1.09 bits per heavy atom. The Hall–Kier alpha value is -3.00. The lowest BCUT2D eigenvalue weighted by Gasteiger charge is -2.20. The van der Waals surface area contributed by atoms with E-state index in [-0.39, 0.29) is 23.2 Å². The summed E-state index contributed by atoms with van der Waals surface area (Å²) in [6.07, 6.45) is -0.283. The molecule has 3 rings (SSSR count). The fraction of sp³-hybridized carbons (Fsp3) is 0.423. The summed E-state index contributed by atoms with van der Waals surface area (Å²) in [5, 5.41) is 12.3. The van der Waals surface area contributed by atoms with Crippen molar-refractivity contribution in [3.63, 3.8) is 0 Å². The SMILES string of the molecule is CCOc1ccccc1NC(=O)CSc1nnc(C(C)Oc2ccc(C(C)(C)C)cc2)n1CC. The van der Waals surface area contributed by atoms with Crippen LogP contribution < -0.4 is 14.8 Å². The van der Waals surface area contributed by atoms with Gasteiger partial charge in [-0.1, -0.05) is 56.8 Å². The van der Waals surface area contributed by atoms with Gasteiger partial charge in [-0.05, 0) is 56.0 Å². The van der Waals surface area contributed by atoms with Gasteiger partial charge in [0.2, 0.25) is 5.91 Å². The highest BCUT2D eigenvalue weighted by atomic mass is 32.2. The van der Waals surface area contributed by atoms with Gasteiger partial charge < -0.3 is 19.4 Å². The Morgan fingerprint density at radius 3 is 2.44 bits per heavy atom. The molecule has 0 bridgehead atoms. The molecule has 0 aliphatic carbocycles. The number of anilines is 1. The number of amides is 1. The number of para-hydroxylation sites is 2. The molecule has 0 radical (unpaired) electrons. The third-order valence-electron chi connectivity index (χ3n) is 5.25. The molecule has 1 N–H and O–H groups in total. The van der Waals surface area contributed by atoms with E-state index in [9.17, 15) is 4.79 Å². The molecule has 1 aromatic heterocycles. The maximum Gasteiger partial charge on any atom is 0.234 e. The van der Waals surface area contributed by atoms with E-state index in [4.69, 9.17) is 9.47 Å². The molecule has 1 amide bonds. The number of benzene rings is 2. The molecule has 0 saturated carbocycles. The Labute approximate surface area is 206 Å². The van der Waals surface area contributed by atoms with Crippen LogP contribution in [0.1, 0.15) is 59.0 Å². The molecule has 182 valence electrons. The van der Waals surface area contributed by atoms with Crippen LogP contribution in [0.3, 0.4) is 0 Å². The molecular formula is C26H34N4O3S. The van der Waals surface area contributed by atoms with E-state index in [0.717, 1.165) is 11.6 Å². The third kappa shape index (κ3) is 6.53. The molecule has 1 heterocycles. The lowest BCUT2D eigenvalue weighted by Crippen LogP contribution is -2.16. The number of aromatic nitrogens is 3. The van der Waals surface area contributed by atoms with Crippen molar-refractivity contribution in [1.82, 2.24) is 14.8 Å². The van der Waals surface area contributed by atoms with Gasteiger partial charge in [0.15, 0.2) is 17.1 Å². The lowest BCUT2D eigenvalue weighted by molar-refractivity contribution is -0.113. The van der Waals surface area contributed by atoms with Crippen LogP contribution >= 0.6 is 11.8 Å². The maximum absolute atomic E-state index is 12.6. The highest BCUT2D eigenvalue weighted by Crippen LogP contribution is 2.28. The van der Waals surface area contributed by atoms with E-state index < -0.39 is 0 Å². The predicted octanol–water partition coefficient (Wildman–Crippen LogP) is 5.87. The van der Waals surface area contributed by atoms with Crippen molar-refractivity contribution in [2.45, 2.75) is 64.8 Å². The smallest absolute Gasteiger partial charge is 0.234 e. The number of nitrogens with one attached hydrogen (secondary N) is 1. The number of ether oxygens (including phenoxy) is 2. The molecule has 0 aliphatic heterocycles. The van der Waals surface area contributed by atoms with Crippen LogP contribution in [0, 0.1) is 0 Å². The van der Waals surface area contributed by atoms with E-state index in [1.54, 1.807) is 0 Å². The Bertz CT molecular complexity index is 1090. The topological polar surface area (TPSA) is 78.3 Å². The number of hydrogen-bond acceptors (Lipinski definition) is 6. The van der Waals surface area contributed by atoms with Gasteiger partial charge in [-0.25, -0.2) is 0 Å². The number of carbonyl (C=O) groups is 1. The third-order valence-corrected chi connectivity index (χ3v) is 6.22. The van der Waals surface area contributed by atoms with Crippen LogP contribution in [0.5, 0.6) is 11.5 Å². The zero-order chi connectivity index (χ0) is 24.7. The van der Waals surface area contributed by atoms with Gasteiger partial charge in [0.25, 0.3) is 0 Å². The first-order valence-corrected chi connectivity index (χ1v) is 12.6. The fourth-order valence-electron chi connectivity index (χ4n) is 3.46. The predicted molar refractivity (Wildman–Crippen MR) is 137 cm³/mol. The molecule has 1 unspecified atom stereocenters. The van der Waals surface area contributed by atoms with Crippen LogP contribution in [0.4, 0.5) is 5.69 Å². The van der Waals surface area contributed by atoms with Crippen LogP contribution in [0.25, 0.3) is 0 Å². The first kappa shape index (κ1) is 25.6. The van der Waals surface area contributed by atoms with Gasteiger partial charge in [0, 0.05) is 6.54 Å². The number of hydrogen-bond donors (Lipinski definition) is 1. The Kier molecular flexibility index (Phi) is 8.61. The largest absolute Gasteiger partial charge is 0.492 e. The molecule has 0 saturated heterocycles. The molecule has 0 spiro atoms. The van der Waals surface area contributed by atoms with Gasteiger partial charge >= 0.3 is 0 Å².